The molecule has 0 aromatic heterocycles. The molecule has 0 radical (unpaired) electrons. The lowest BCUT2D eigenvalue weighted by Crippen LogP contribution is -1.83. The maximum Gasteiger partial charge on any atom is 0.118 e. The van der Waals surface area contributed by atoms with E-state index in [0.717, 1.165) is 12.2 Å². The van der Waals surface area contributed by atoms with E-state index < -0.39 is 0 Å². The summed E-state index contributed by atoms with van der Waals surface area (Å²) in [6.45, 7) is 14.5. The number of aryl methyl sites for hydroxylation is 1. The fourth-order valence-corrected chi connectivity index (χ4v) is 1.70. The van der Waals surface area contributed by atoms with Crippen LogP contribution in [0.4, 0.5) is 0 Å². The molecule has 0 N–H and O–H groups in total. The number of benzene rings is 2. The van der Waals surface area contributed by atoms with Crippen molar-refractivity contribution in [2.24, 2.45) is 0 Å². The van der Waals surface area contributed by atoms with Gasteiger partial charge in [0.1, 0.15) is 5.75 Å². The van der Waals surface area contributed by atoms with Gasteiger partial charge >= 0.3 is 0 Å². The van der Waals surface area contributed by atoms with Crippen LogP contribution in [0.15, 0.2) is 54.6 Å². The van der Waals surface area contributed by atoms with Crippen molar-refractivity contribution in [2.45, 2.75) is 60.8 Å². The second kappa shape index (κ2) is 16.6. The fourth-order valence-electron chi connectivity index (χ4n) is 1.70. The van der Waals surface area contributed by atoms with E-state index in [-0.39, 0.29) is 0 Å². The average Bonchev–Trinajstić information content (AvgIpc) is 2.66. The van der Waals surface area contributed by atoms with E-state index in [2.05, 4.69) is 57.2 Å². The molecule has 0 bridgehead atoms. The lowest BCUT2D eigenvalue weighted by molar-refractivity contribution is 0.414. The van der Waals surface area contributed by atoms with Gasteiger partial charge in [-0.05, 0) is 35.6 Å². The van der Waals surface area contributed by atoms with E-state index >= 15 is 0 Å². The maximum atomic E-state index is 5.01. The highest BCUT2D eigenvalue weighted by Gasteiger charge is 1.93. The van der Waals surface area contributed by atoms with Crippen molar-refractivity contribution < 1.29 is 4.74 Å². The summed E-state index contributed by atoms with van der Waals surface area (Å²) in [6, 6.07) is 18.7. The Morgan fingerprint density at radius 3 is 1.57 bits per heavy atom. The molecule has 130 valence electrons. The van der Waals surface area contributed by atoms with E-state index in [1.165, 1.54) is 11.1 Å². The van der Waals surface area contributed by atoms with Crippen LogP contribution in [0.2, 0.25) is 0 Å². The van der Waals surface area contributed by atoms with Crippen LogP contribution in [-0.2, 0) is 6.42 Å². The van der Waals surface area contributed by atoms with E-state index in [0.29, 0.717) is 5.92 Å². The Labute approximate surface area is 144 Å². The Morgan fingerprint density at radius 2 is 1.26 bits per heavy atom. The molecule has 0 amide bonds. The zero-order valence-corrected chi connectivity index (χ0v) is 16.4. The smallest absolute Gasteiger partial charge is 0.118 e. The summed E-state index contributed by atoms with van der Waals surface area (Å²) in [5.74, 6) is 1.59. The second-order valence-corrected chi connectivity index (χ2v) is 4.77. The number of hydrogen-bond acceptors (Lipinski definition) is 1. The van der Waals surface area contributed by atoms with Gasteiger partial charge in [-0.2, -0.15) is 0 Å². The molecule has 2 aromatic rings. The zero-order chi connectivity index (χ0) is 18.1. The van der Waals surface area contributed by atoms with Gasteiger partial charge < -0.3 is 4.74 Å². The van der Waals surface area contributed by atoms with Gasteiger partial charge in [0.25, 0.3) is 0 Å². The number of methoxy groups -OCH3 is 1. The van der Waals surface area contributed by atoms with Gasteiger partial charge in [0.05, 0.1) is 7.11 Å². The molecular weight excluding hydrogens is 280 g/mol. The van der Waals surface area contributed by atoms with Crippen LogP contribution >= 0.6 is 0 Å². The molecule has 0 aliphatic heterocycles. The first kappa shape index (κ1) is 23.5. The first-order valence-electron chi connectivity index (χ1n) is 8.85. The number of hydrogen-bond donors (Lipinski definition) is 0. The molecule has 0 fully saturated rings. The Bertz CT molecular complexity index is 420. The standard InChI is InChI=1S/C9H12O.C9H12.2C2H6/c1-3-8-4-6-9(10-2)7-5-8;1-8(2)9-6-4-3-5-7-9;2*1-2/h4-7H,3H2,1-2H3;3-8H,1-2H3;2*1-2H3. The van der Waals surface area contributed by atoms with Gasteiger partial charge in [-0.15, -0.1) is 0 Å². The van der Waals surface area contributed by atoms with Crippen LogP contribution in [-0.4, -0.2) is 7.11 Å². The molecule has 1 nitrogen and oxygen atoms in total. The highest BCUT2D eigenvalue weighted by atomic mass is 16.5. The highest BCUT2D eigenvalue weighted by Crippen LogP contribution is 2.12. The van der Waals surface area contributed by atoms with Crippen molar-refractivity contribution in [3.05, 3.63) is 65.7 Å². The number of rotatable bonds is 3. The first-order chi connectivity index (χ1) is 11.2. The monoisotopic (exact) mass is 316 g/mol. The molecule has 0 aliphatic rings. The van der Waals surface area contributed by atoms with Crippen molar-refractivity contribution >= 4 is 0 Å². The van der Waals surface area contributed by atoms with Crippen LogP contribution in [0.3, 0.4) is 0 Å². The molecule has 2 aromatic carbocycles. The lowest BCUT2D eigenvalue weighted by Gasteiger charge is -2.01. The van der Waals surface area contributed by atoms with Crippen LogP contribution < -0.4 is 4.74 Å². The van der Waals surface area contributed by atoms with Crippen molar-refractivity contribution in [1.29, 1.82) is 0 Å². The van der Waals surface area contributed by atoms with E-state index in [1.54, 1.807) is 7.11 Å². The molecular formula is C22H36O. The van der Waals surface area contributed by atoms with Gasteiger partial charge in [-0.3, -0.25) is 0 Å². The third-order valence-electron chi connectivity index (χ3n) is 3.03. The minimum atomic E-state index is 0.659. The Kier molecular flexibility index (Phi) is 17.0. The molecule has 0 saturated heterocycles. The molecule has 0 unspecified atom stereocenters. The van der Waals surface area contributed by atoms with Crippen molar-refractivity contribution in [2.75, 3.05) is 7.11 Å². The van der Waals surface area contributed by atoms with Crippen LogP contribution in [0.5, 0.6) is 5.75 Å². The highest BCUT2D eigenvalue weighted by molar-refractivity contribution is 5.26. The molecule has 0 saturated carbocycles. The van der Waals surface area contributed by atoms with Gasteiger partial charge in [-0.1, -0.05) is 90.9 Å². The zero-order valence-electron chi connectivity index (χ0n) is 16.4. The van der Waals surface area contributed by atoms with Gasteiger partial charge in [-0.25, -0.2) is 0 Å². The molecule has 0 heterocycles. The van der Waals surface area contributed by atoms with Crippen LogP contribution in [0.1, 0.15) is 65.5 Å². The summed E-state index contributed by atoms with van der Waals surface area (Å²) in [4.78, 5) is 0. The summed E-state index contributed by atoms with van der Waals surface area (Å²) in [5, 5.41) is 0. The normalized spacial score (nSPS) is 8.57. The average molecular weight is 317 g/mol. The van der Waals surface area contributed by atoms with E-state index in [1.807, 2.05) is 45.9 Å². The minimum Gasteiger partial charge on any atom is -0.497 e. The van der Waals surface area contributed by atoms with Gasteiger partial charge in [0, 0.05) is 0 Å². The lowest BCUT2D eigenvalue weighted by atomic mass is 10.0. The van der Waals surface area contributed by atoms with E-state index in [4.69, 9.17) is 4.74 Å². The van der Waals surface area contributed by atoms with Crippen molar-refractivity contribution in [3.8, 4) is 5.75 Å². The largest absolute Gasteiger partial charge is 0.497 e. The minimum absolute atomic E-state index is 0.659. The van der Waals surface area contributed by atoms with Crippen LogP contribution in [0.25, 0.3) is 0 Å². The molecule has 0 spiro atoms. The summed E-state index contributed by atoms with van der Waals surface area (Å²) < 4.78 is 5.01. The molecule has 1 heteroatoms. The first-order valence-corrected chi connectivity index (χ1v) is 8.85. The quantitative estimate of drug-likeness (QED) is 0.585. The maximum absolute atomic E-state index is 5.01. The molecule has 23 heavy (non-hydrogen) atoms. The summed E-state index contributed by atoms with van der Waals surface area (Å²) >= 11 is 0. The Balaban J connectivity index is 0. The summed E-state index contributed by atoms with van der Waals surface area (Å²) in [7, 11) is 1.68. The van der Waals surface area contributed by atoms with E-state index in [9.17, 15) is 0 Å². The summed E-state index contributed by atoms with van der Waals surface area (Å²) in [5.41, 5.74) is 2.76. The Hall–Kier alpha value is -1.76. The third kappa shape index (κ3) is 11.5. The van der Waals surface area contributed by atoms with Crippen molar-refractivity contribution in [3.63, 3.8) is 0 Å². The van der Waals surface area contributed by atoms with Crippen LogP contribution in [0, 0.1) is 0 Å². The third-order valence-corrected chi connectivity index (χ3v) is 3.03. The SMILES string of the molecule is CC.CC.CC(C)c1ccccc1.CCc1ccc(OC)cc1. The predicted molar refractivity (Wildman–Crippen MR) is 106 cm³/mol. The second-order valence-electron chi connectivity index (χ2n) is 4.77. The molecule has 2 rings (SSSR count). The molecule has 0 atom stereocenters. The Morgan fingerprint density at radius 1 is 0.783 bits per heavy atom. The van der Waals surface area contributed by atoms with Gasteiger partial charge in [0.2, 0.25) is 0 Å². The topological polar surface area (TPSA) is 9.23 Å². The predicted octanol–water partition coefficient (Wildman–Crippen LogP) is 7.12. The fraction of sp³-hybridized carbons (Fsp3) is 0.455. The van der Waals surface area contributed by atoms with Gasteiger partial charge in [0.15, 0.2) is 0 Å². The van der Waals surface area contributed by atoms with Crippen molar-refractivity contribution in [1.82, 2.24) is 0 Å². The summed E-state index contributed by atoms with van der Waals surface area (Å²) in [6.07, 6.45) is 1.09. The molecule has 0 aliphatic carbocycles. The number of ether oxygens (including phenoxy) is 1.